The number of nitrogens with zero attached hydrogens (tertiary/aromatic N) is 2. The van der Waals surface area contributed by atoms with Gasteiger partial charge in [0.2, 0.25) is 0 Å². The molecule has 7 nitrogen and oxygen atoms in total. The summed E-state index contributed by atoms with van der Waals surface area (Å²) in [6, 6.07) is 22.8. The van der Waals surface area contributed by atoms with E-state index in [0.717, 1.165) is 17.8 Å². The maximum absolute atomic E-state index is 13.0. The van der Waals surface area contributed by atoms with Crippen LogP contribution in [0.25, 0.3) is 11.3 Å². The van der Waals surface area contributed by atoms with Crippen LogP contribution in [0.2, 0.25) is 0 Å². The second kappa shape index (κ2) is 8.52. The third kappa shape index (κ3) is 4.36. The first-order valence-corrected chi connectivity index (χ1v) is 11.0. The van der Waals surface area contributed by atoms with Gasteiger partial charge in [0.15, 0.2) is 0 Å². The lowest BCUT2D eigenvalue weighted by atomic mass is 9.99. The van der Waals surface area contributed by atoms with Crippen molar-refractivity contribution in [3.05, 3.63) is 99.6 Å². The Labute approximate surface area is 191 Å². The summed E-state index contributed by atoms with van der Waals surface area (Å²) in [5, 5.41) is 17.6. The fourth-order valence-corrected chi connectivity index (χ4v) is 4.17. The predicted molar refractivity (Wildman–Crippen MR) is 130 cm³/mol. The number of fused-ring (bicyclic) bond motifs is 1. The van der Waals surface area contributed by atoms with Gasteiger partial charge in [-0.25, -0.2) is 0 Å². The summed E-state index contributed by atoms with van der Waals surface area (Å²) in [6.07, 6.45) is 2.54. The Bertz CT molecular complexity index is 1250. The molecule has 3 aromatic carbocycles. The van der Waals surface area contributed by atoms with Gasteiger partial charge >= 0.3 is 0 Å². The van der Waals surface area contributed by atoms with Crippen LogP contribution in [-0.2, 0) is 11.3 Å². The quantitative estimate of drug-likeness (QED) is 0.302. The fraction of sp³-hybridized carbons (Fsp3) is 0.192. The summed E-state index contributed by atoms with van der Waals surface area (Å²) in [4.78, 5) is 26.2. The number of benzene rings is 3. The number of non-ortho nitro benzene ring substituents is 1. The minimum atomic E-state index is -0.451. The van der Waals surface area contributed by atoms with Gasteiger partial charge in [-0.2, -0.15) is 0 Å². The summed E-state index contributed by atoms with van der Waals surface area (Å²) >= 11 is 0. The molecule has 0 spiro atoms. The molecule has 0 radical (unpaired) electrons. The average Bonchev–Trinajstić information content (AvgIpc) is 3.62. The Morgan fingerprint density at radius 1 is 1.09 bits per heavy atom. The highest BCUT2D eigenvalue weighted by atomic mass is 16.6. The van der Waals surface area contributed by atoms with Crippen LogP contribution in [0.4, 0.5) is 17.1 Å². The topological polar surface area (TPSA) is 87.5 Å². The zero-order valence-electron chi connectivity index (χ0n) is 18.2. The van der Waals surface area contributed by atoms with E-state index in [4.69, 9.17) is 0 Å². The summed E-state index contributed by atoms with van der Waals surface area (Å²) in [6.45, 7) is 0.900. The molecule has 166 valence electrons. The van der Waals surface area contributed by atoms with Gasteiger partial charge in [-0.1, -0.05) is 42.5 Å². The molecule has 33 heavy (non-hydrogen) atoms. The summed E-state index contributed by atoms with van der Waals surface area (Å²) < 4.78 is 0. The molecule has 1 fully saturated rings. The fourth-order valence-electron chi connectivity index (χ4n) is 4.17. The minimum Gasteiger partial charge on any atom is -0.354 e. The number of nitro groups is 1. The third-order valence-corrected chi connectivity index (χ3v) is 6.10. The summed E-state index contributed by atoms with van der Waals surface area (Å²) in [5.41, 5.74) is 4.90. The molecule has 0 atom stereocenters. The van der Waals surface area contributed by atoms with Gasteiger partial charge < -0.3 is 10.6 Å². The molecule has 3 aromatic rings. The van der Waals surface area contributed by atoms with Crippen LogP contribution in [0.1, 0.15) is 29.5 Å². The number of carbonyl (C=O) groups excluding carboxylic acids is 1. The molecular weight excluding hydrogens is 416 g/mol. The SMILES string of the molecule is CN(Cc1ccc(NC(=C2C(=O)Nc3ccc([N+](=O)[O-])cc32)c2ccccc2)cc1)C1CC1. The lowest BCUT2D eigenvalue weighted by Crippen LogP contribution is -2.19. The van der Waals surface area contributed by atoms with Crippen LogP contribution in [0.5, 0.6) is 0 Å². The Balaban J connectivity index is 1.53. The Kier molecular flexibility index (Phi) is 5.40. The van der Waals surface area contributed by atoms with Gasteiger partial charge in [-0.05, 0) is 49.2 Å². The molecule has 1 amide bonds. The standard InChI is InChI=1S/C26H24N4O3/c1-29(20-11-12-20)16-17-7-9-19(10-8-17)27-25(18-5-3-2-4-6-18)24-22-15-21(30(32)33)13-14-23(22)28-26(24)31/h2-10,13-15,20,27H,11-12,16H2,1H3,(H,28,31). The molecule has 1 aliphatic heterocycles. The molecule has 2 N–H and O–H groups in total. The number of anilines is 2. The molecular formula is C26H24N4O3. The highest BCUT2D eigenvalue weighted by Crippen LogP contribution is 2.39. The average molecular weight is 441 g/mol. The number of carbonyl (C=O) groups is 1. The number of nitro benzene ring substituents is 1. The monoisotopic (exact) mass is 440 g/mol. The summed E-state index contributed by atoms with van der Waals surface area (Å²) in [5.74, 6) is -0.292. The number of hydrogen-bond acceptors (Lipinski definition) is 5. The van der Waals surface area contributed by atoms with Crippen LogP contribution >= 0.6 is 0 Å². The van der Waals surface area contributed by atoms with Crippen molar-refractivity contribution < 1.29 is 9.72 Å². The van der Waals surface area contributed by atoms with E-state index in [1.807, 2.05) is 42.5 Å². The van der Waals surface area contributed by atoms with E-state index < -0.39 is 4.92 Å². The second-order valence-electron chi connectivity index (χ2n) is 8.53. The van der Waals surface area contributed by atoms with E-state index in [1.165, 1.54) is 30.5 Å². The van der Waals surface area contributed by atoms with Gasteiger partial charge in [0, 0.05) is 41.7 Å². The maximum Gasteiger partial charge on any atom is 0.270 e. The van der Waals surface area contributed by atoms with Crippen LogP contribution in [0.3, 0.4) is 0 Å². The first kappa shape index (κ1) is 20.9. The molecule has 1 aliphatic carbocycles. The van der Waals surface area contributed by atoms with Crippen LogP contribution < -0.4 is 10.6 Å². The van der Waals surface area contributed by atoms with Gasteiger partial charge in [-0.3, -0.25) is 19.8 Å². The van der Waals surface area contributed by atoms with Gasteiger partial charge in [-0.15, -0.1) is 0 Å². The molecule has 0 bridgehead atoms. The van der Waals surface area contributed by atoms with Crippen molar-refractivity contribution in [1.82, 2.24) is 4.90 Å². The van der Waals surface area contributed by atoms with E-state index in [9.17, 15) is 14.9 Å². The molecule has 0 saturated heterocycles. The number of nitrogens with one attached hydrogen (secondary N) is 2. The highest BCUT2D eigenvalue weighted by molar-refractivity contribution is 6.37. The molecule has 5 rings (SSSR count). The van der Waals surface area contributed by atoms with Crippen molar-refractivity contribution in [1.29, 1.82) is 0 Å². The highest BCUT2D eigenvalue weighted by Gasteiger charge is 2.30. The van der Waals surface area contributed by atoms with Gasteiger partial charge in [0.05, 0.1) is 16.2 Å². The number of rotatable bonds is 7. The van der Waals surface area contributed by atoms with E-state index >= 15 is 0 Å². The van der Waals surface area contributed by atoms with Crippen molar-refractivity contribution >= 4 is 34.2 Å². The summed E-state index contributed by atoms with van der Waals surface area (Å²) in [7, 11) is 2.15. The molecule has 7 heteroatoms. The number of amides is 1. The van der Waals surface area contributed by atoms with Crippen LogP contribution in [0.15, 0.2) is 72.8 Å². The largest absolute Gasteiger partial charge is 0.354 e. The molecule has 1 saturated carbocycles. The Hall–Kier alpha value is -3.97. The predicted octanol–water partition coefficient (Wildman–Crippen LogP) is 5.12. The third-order valence-electron chi connectivity index (χ3n) is 6.10. The van der Waals surface area contributed by atoms with Crippen molar-refractivity contribution in [3.63, 3.8) is 0 Å². The second-order valence-corrected chi connectivity index (χ2v) is 8.53. The van der Waals surface area contributed by atoms with Crippen molar-refractivity contribution in [3.8, 4) is 0 Å². The van der Waals surface area contributed by atoms with E-state index in [1.54, 1.807) is 6.07 Å². The zero-order valence-corrected chi connectivity index (χ0v) is 18.2. The molecule has 0 aromatic heterocycles. The first-order chi connectivity index (χ1) is 16.0. The molecule has 0 unspecified atom stereocenters. The zero-order chi connectivity index (χ0) is 22.9. The van der Waals surface area contributed by atoms with Crippen molar-refractivity contribution in [2.24, 2.45) is 0 Å². The van der Waals surface area contributed by atoms with Crippen molar-refractivity contribution in [2.75, 3.05) is 17.7 Å². The van der Waals surface area contributed by atoms with E-state index in [-0.39, 0.29) is 11.6 Å². The van der Waals surface area contributed by atoms with E-state index in [2.05, 4.69) is 34.7 Å². The lowest BCUT2D eigenvalue weighted by molar-refractivity contribution is -0.384. The normalized spacial score (nSPS) is 16.4. The first-order valence-electron chi connectivity index (χ1n) is 11.0. The Morgan fingerprint density at radius 3 is 2.48 bits per heavy atom. The smallest absolute Gasteiger partial charge is 0.270 e. The lowest BCUT2D eigenvalue weighted by Gasteiger charge is -2.17. The van der Waals surface area contributed by atoms with Gasteiger partial charge in [0.25, 0.3) is 11.6 Å². The maximum atomic E-state index is 13.0. The van der Waals surface area contributed by atoms with Crippen molar-refractivity contribution in [2.45, 2.75) is 25.4 Å². The number of hydrogen-bond donors (Lipinski definition) is 2. The molecule has 2 aliphatic rings. The van der Waals surface area contributed by atoms with Crippen LogP contribution in [0, 0.1) is 10.1 Å². The molecule has 1 heterocycles. The van der Waals surface area contributed by atoms with Gasteiger partial charge in [0.1, 0.15) is 0 Å². The Morgan fingerprint density at radius 2 is 1.82 bits per heavy atom. The van der Waals surface area contributed by atoms with Crippen LogP contribution in [-0.4, -0.2) is 28.8 Å². The minimum absolute atomic E-state index is 0.0562. The van der Waals surface area contributed by atoms with E-state index in [0.29, 0.717) is 28.6 Å².